The van der Waals surface area contributed by atoms with Crippen LogP contribution in [0.4, 0.5) is 0 Å². The molecular formula is C17H36. The first kappa shape index (κ1) is 17.0. The maximum Gasteiger partial charge on any atom is -0.0417 e. The van der Waals surface area contributed by atoms with E-state index in [0.29, 0.717) is 0 Å². The molecule has 0 N–H and O–H groups in total. The minimum Gasteiger partial charge on any atom is -0.0651 e. The van der Waals surface area contributed by atoms with E-state index in [-0.39, 0.29) is 0 Å². The second-order valence-corrected chi connectivity index (χ2v) is 6.68. The van der Waals surface area contributed by atoms with E-state index >= 15 is 0 Å². The molecular weight excluding hydrogens is 204 g/mol. The van der Waals surface area contributed by atoms with Gasteiger partial charge in [0.1, 0.15) is 0 Å². The Bertz CT molecular complexity index is 151. The fourth-order valence-electron chi connectivity index (χ4n) is 2.71. The molecule has 0 aromatic heterocycles. The third-order valence-electron chi connectivity index (χ3n) is 4.28. The highest BCUT2D eigenvalue weighted by Crippen LogP contribution is 2.29. The van der Waals surface area contributed by atoms with Crippen molar-refractivity contribution in [2.24, 2.45) is 23.7 Å². The van der Waals surface area contributed by atoms with Crippen LogP contribution in [-0.4, -0.2) is 0 Å². The fraction of sp³-hybridized carbons (Fsp3) is 1.00. The van der Waals surface area contributed by atoms with Crippen LogP contribution in [0.5, 0.6) is 0 Å². The third-order valence-corrected chi connectivity index (χ3v) is 4.28. The summed E-state index contributed by atoms with van der Waals surface area (Å²) in [5.74, 6) is 3.90. The van der Waals surface area contributed by atoms with Crippen LogP contribution in [-0.2, 0) is 0 Å². The molecule has 0 aromatic rings. The Hall–Kier alpha value is 0. The molecule has 0 heterocycles. The first-order valence-corrected chi connectivity index (χ1v) is 7.99. The van der Waals surface area contributed by atoms with E-state index in [1.54, 1.807) is 0 Å². The Kier molecular flexibility index (Phi) is 9.97. The molecule has 0 aliphatic heterocycles. The molecule has 0 aromatic carbocycles. The number of rotatable bonds is 4. The maximum atomic E-state index is 2.38. The Morgan fingerprint density at radius 3 is 1.76 bits per heavy atom. The van der Waals surface area contributed by atoms with Gasteiger partial charge in [-0.1, -0.05) is 80.1 Å². The van der Waals surface area contributed by atoms with Gasteiger partial charge in [-0.3, -0.25) is 0 Å². The van der Waals surface area contributed by atoms with Crippen molar-refractivity contribution >= 4 is 0 Å². The fourth-order valence-corrected chi connectivity index (χ4v) is 2.71. The quantitative estimate of drug-likeness (QED) is 0.541. The molecule has 0 bridgehead atoms. The molecule has 1 atom stereocenters. The standard InChI is InChI=1S/C9H18.C8H18/c1-3-9-6-4-8(2)5-7-9;1-5-8(4)6-7(2)3/h8-9H,3-7H2,1-2H3;7-8H,5-6H2,1-4H3. The zero-order valence-electron chi connectivity index (χ0n) is 13.3. The van der Waals surface area contributed by atoms with E-state index in [0.717, 1.165) is 23.7 Å². The van der Waals surface area contributed by atoms with E-state index in [9.17, 15) is 0 Å². The van der Waals surface area contributed by atoms with Crippen molar-refractivity contribution in [2.45, 2.75) is 86.5 Å². The van der Waals surface area contributed by atoms with Crippen molar-refractivity contribution < 1.29 is 0 Å². The zero-order chi connectivity index (χ0) is 13.3. The van der Waals surface area contributed by atoms with Gasteiger partial charge in [-0.2, -0.15) is 0 Å². The molecule has 0 spiro atoms. The number of hydrogen-bond donors (Lipinski definition) is 0. The van der Waals surface area contributed by atoms with E-state index in [4.69, 9.17) is 0 Å². The smallest absolute Gasteiger partial charge is 0.0417 e. The molecule has 1 rings (SSSR count). The van der Waals surface area contributed by atoms with Crippen LogP contribution in [0.2, 0.25) is 0 Å². The number of hydrogen-bond acceptors (Lipinski definition) is 0. The Morgan fingerprint density at radius 2 is 1.47 bits per heavy atom. The summed E-state index contributed by atoms with van der Waals surface area (Å²) in [5, 5.41) is 0. The zero-order valence-corrected chi connectivity index (χ0v) is 13.3. The van der Waals surface area contributed by atoms with E-state index in [1.807, 2.05) is 0 Å². The SMILES string of the molecule is CCC(C)CC(C)C.CCC1CCC(C)CC1. The molecule has 0 nitrogen and oxygen atoms in total. The van der Waals surface area contributed by atoms with Crippen LogP contribution in [0.1, 0.15) is 86.5 Å². The molecule has 1 aliphatic rings. The molecule has 0 heteroatoms. The van der Waals surface area contributed by atoms with E-state index < -0.39 is 0 Å². The van der Waals surface area contributed by atoms with Crippen LogP contribution in [0.15, 0.2) is 0 Å². The molecule has 17 heavy (non-hydrogen) atoms. The normalized spacial score (nSPS) is 26.3. The highest BCUT2D eigenvalue weighted by atomic mass is 14.2. The van der Waals surface area contributed by atoms with Crippen molar-refractivity contribution in [3.63, 3.8) is 0 Å². The van der Waals surface area contributed by atoms with Gasteiger partial charge in [0.2, 0.25) is 0 Å². The minimum absolute atomic E-state index is 0.880. The summed E-state index contributed by atoms with van der Waals surface area (Å²) < 4.78 is 0. The van der Waals surface area contributed by atoms with Crippen molar-refractivity contribution in [1.82, 2.24) is 0 Å². The molecule has 1 saturated carbocycles. The van der Waals surface area contributed by atoms with Gasteiger partial charge in [0.25, 0.3) is 0 Å². The maximum absolute atomic E-state index is 2.38. The van der Waals surface area contributed by atoms with Crippen molar-refractivity contribution in [3.05, 3.63) is 0 Å². The Balaban J connectivity index is 0.000000304. The van der Waals surface area contributed by atoms with Crippen molar-refractivity contribution in [3.8, 4) is 0 Å². The summed E-state index contributed by atoms with van der Waals surface area (Å²) in [5.41, 5.74) is 0. The molecule has 104 valence electrons. The van der Waals surface area contributed by atoms with E-state index in [2.05, 4.69) is 41.5 Å². The lowest BCUT2D eigenvalue weighted by Crippen LogP contribution is -2.10. The molecule has 0 radical (unpaired) electrons. The average Bonchev–Trinajstić information content (AvgIpc) is 2.30. The lowest BCUT2D eigenvalue weighted by atomic mass is 9.82. The second kappa shape index (κ2) is 9.97. The van der Waals surface area contributed by atoms with Gasteiger partial charge in [-0.05, 0) is 30.1 Å². The van der Waals surface area contributed by atoms with Crippen LogP contribution < -0.4 is 0 Å². The van der Waals surface area contributed by atoms with Gasteiger partial charge in [0.15, 0.2) is 0 Å². The van der Waals surface area contributed by atoms with Gasteiger partial charge < -0.3 is 0 Å². The predicted molar refractivity (Wildman–Crippen MR) is 80.3 cm³/mol. The Morgan fingerprint density at radius 1 is 0.941 bits per heavy atom. The van der Waals surface area contributed by atoms with Gasteiger partial charge in [-0.25, -0.2) is 0 Å². The average molecular weight is 240 g/mol. The first-order valence-electron chi connectivity index (χ1n) is 7.99. The molecule has 1 fully saturated rings. The summed E-state index contributed by atoms with van der Waals surface area (Å²) in [4.78, 5) is 0. The molecule has 0 amide bonds. The lowest BCUT2D eigenvalue weighted by Gasteiger charge is -2.24. The second-order valence-electron chi connectivity index (χ2n) is 6.68. The summed E-state index contributed by atoms with van der Waals surface area (Å²) in [7, 11) is 0. The first-order chi connectivity index (χ1) is 7.99. The largest absolute Gasteiger partial charge is 0.0651 e. The third kappa shape index (κ3) is 9.68. The van der Waals surface area contributed by atoms with Gasteiger partial charge in [0.05, 0.1) is 0 Å². The topological polar surface area (TPSA) is 0 Å². The summed E-state index contributed by atoms with van der Waals surface area (Å²) in [6.07, 6.45) is 10.1. The van der Waals surface area contributed by atoms with Crippen LogP contribution in [0.25, 0.3) is 0 Å². The monoisotopic (exact) mass is 240 g/mol. The minimum atomic E-state index is 0.880. The summed E-state index contributed by atoms with van der Waals surface area (Å²) in [6, 6.07) is 0. The van der Waals surface area contributed by atoms with Gasteiger partial charge >= 0.3 is 0 Å². The van der Waals surface area contributed by atoms with Crippen LogP contribution in [0, 0.1) is 23.7 Å². The molecule has 1 aliphatic carbocycles. The molecule has 1 unspecified atom stereocenters. The van der Waals surface area contributed by atoms with Crippen molar-refractivity contribution in [2.75, 3.05) is 0 Å². The van der Waals surface area contributed by atoms with Crippen molar-refractivity contribution in [1.29, 1.82) is 0 Å². The van der Waals surface area contributed by atoms with Crippen LogP contribution >= 0.6 is 0 Å². The Labute approximate surface area is 111 Å². The molecule has 0 saturated heterocycles. The summed E-state index contributed by atoms with van der Waals surface area (Å²) >= 11 is 0. The lowest BCUT2D eigenvalue weighted by molar-refractivity contribution is 0.284. The highest BCUT2D eigenvalue weighted by Gasteiger charge is 2.15. The predicted octanol–water partition coefficient (Wildman–Crippen LogP) is 6.30. The highest BCUT2D eigenvalue weighted by molar-refractivity contribution is 4.68. The van der Waals surface area contributed by atoms with Gasteiger partial charge in [-0.15, -0.1) is 0 Å². The van der Waals surface area contributed by atoms with Gasteiger partial charge in [0, 0.05) is 0 Å². The van der Waals surface area contributed by atoms with Crippen LogP contribution in [0.3, 0.4) is 0 Å². The summed E-state index contributed by atoms with van der Waals surface area (Å²) in [6.45, 7) is 13.8. The van der Waals surface area contributed by atoms with E-state index in [1.165, 1.54) is 44.9 Å².